The van der Waals surface area contributed by atoms with Crippen molar-refractivity contribution in [1.29, 1.82) is 0 Å². The number of hydrogen-bond acceptors (Lipinski definition) is 34. The zero-order valence-corrected chi connectivity index (χ0v) is 85.6. The number of epoxide rings is 2. The summed E-state index contributed by atoms with van der Waals surface area (Å²) in [4.78, 5) is 167. The number of esters is 2. The lowest BCUT2D eigenvalue weighted by atomic mass is 9.83. The van der Waals surface area contributed by atoms with Crippen molar-refractivity contribution in [3.8, 4) is 11.5 Å². The number of Topliss-reactive ketones (excluding diaryl/α,β-unsaturated/α-hetero) is 2. The van der Waals surface area contributed by atoms with Gasteiger partial charge in [-0.05, 0) is 108 Å². The molecule has 10 N–H and O–H groups in total. The molecule has 2 aromatic rings. The van der Waals surface area contributed by atoms with Crippen LogP contribution in [0.15, 0.2) is 71.9 Å². The van der Waals surface area contributed by atoms with Crippen molar-refractivity contribution in [3.05, 3.63) is 93.0 Å². The van der Waals surface area contributed by atoms with Gasteiger partial charge in [-0.2, -0.15) is 24.4 Å². The highest BCUT2D eigenvalue weighted by molar-refractivity contribution is 9.09. The Balaban J connectivity index is 0.000000363. The van der Waals surface area contributed by atoms with Gasteiger partial charge >= 0.3 is 24.1 Å². The van der Waals surface area contributed by atoms with Gasteiger partial charge in [0.1, 0.15) is 94.7 Å². The number of hydrogen-bond donors (Lipinski definition) is 9. The van der Waals surface area contributed by atoms with E-state index < -0.39 is 131 Å². The Kier molecular flexibility index (Phi) is 49.5. The zero-order chi connectivity index (χ0) is 102. The molecule has 768 valence electrons. The molecule has 8 bridgehead atoms. The number of methoxy groups -OCH3 is 4. The number of ether oxygens (including phenoxy) is 14. The summed E-state index contributed by atoms with van der Waals surface area (Å²) < 4.78 is 79.7. The summed E-state index contributed by atoms with van der Waals surface area (Å²) in [5, 5.41) is 34.6. The molecule has 40 nitrogen and oxygen atoms in total. The third-order valence-corrected chi connectivity index (χ3v) is 26.5. The molecule has 137 heavy (non-hydrogen) atoms. The fraction of sp³-hybridized carbons (Fsp3) is 0.652. The van der Waals surface area contributed by atoms with Gasteiger partial charge in [0.2, 0.25) is 35.4 Å². The highest BCUT2D eigenvalue weighted by Gasteiger charge is 2.66. The van der Waals surface area contributed by atoms with Crippen molar-refractivity contribution in [2.45, 2.75) is 216 Å². The van der Waals surface area contributed by atoms with E-state index in [4.69, 9.17) is 101 Å². The number of carbonyl (C=O) groups excluding carboxylic acids is 12. The van der Waals surface area contributed by atoms with E-state index >= 15 is 0 Å². The number of nitrogens with two attached hydrogens (primary N) is 2. The van der Waals surface area contributed by atoms with Crippen LogP contribution in [-0.2, 0) is 127 Å². The van der Waals surface area contributed by atoms with Crippen LogP contribution >= 0.6 is 63.5 Å². The standard InChI is InChI=1S/C46H68ClN5O15S.C35H48ClN3O10S.C11H21BrN2O5/c1-28-11-9-13-36(61-8)46(59)25-35(65-44(58)50-46)29(2)42-45(4,67-42)37(24-40(56)52(6)33-22-31(21-28)23-34(60-7)41(33)47)66-43(57)30(3)51(5)39(55)14-20-68-27-38(54)49-15-17-63-19-18-62-16-10-12-32(53)26-64-48;1-19-10-9-11-26(46-8)35(44)18-25(47-33(43)37-35)20(2)31-34(4,49-31)27(48-32(42)21(3)38(5)28(40)12-13-50)17-29(41)39(6)23-15-22(14-19)16-24(45-7)30(23)36;12-8-11(16)14-3-5-18-7-6-17-4-1-2-10(15)9-19-13/h9,11,13,22-23,29-30,35-37,42,59H,10,12,14-21,24-27,48H2,1-8H3,(H,49,54)(H,50,58);9-11,15-16,20-21,25-27,31,44,50H,12-14,17-18H2,1-8H3,(H,37,43);1-9,13H2,(H,14,16)/b13-9+,28-11+;11-9+,19-10+;/t29?,30-,35-,36+,37-,42-,45-,46-;20?,21-,25-,26+,27-,31-,34-,35-;/m00./s1. The van der Waals surface area contributed by atoms with Crippen molar-refractivity contribution in [2.24, 2.45) is 23.6 Å². The number of anilines is 2. The topological polar surface area (TPSA) is 513 Å². The summed E-state index contributed by atoms with van der Waals surface area (Å²) in [6.07, 6.45) is 3.56. The van der Waals surface area contributed by atoms with Crippen molar-refractivity contribution in [1.82, 2.24) is 31.1 Å². The van der Waals surface area contributed by atoms with Crippen LogP contribution in [0.5, 0.6) is 11.5 Å². The molecule has 2 unspecified atom stereocenters. The first-order valence-electron chi connectivity index (χ1n) is 44.9. The predicted molar refractivity (Wildman–Crippen MR) is 514 cm³/mol. The second-order valence-corrected chi connectivity index (χ2v) is 37.1. The Morgan fingerprint density at radius 2 is 0.993 bits per heavy atom. The number of benzene rings is 2. The number of nitrogens with one attached hydrogen (secondary N) is 4. The molecule has 0 saturated carbocycles. The molecule has 4 fully saturated rings. The number of alkyl carbamates (subject to hydrolysis) is 2. The van der Waals surface area contributed by atoms with E-state index in [-0.39, 0.29) is 116 Å². The molecule has 4 saturated heterocycles. The average molecular weight is 2080 g/mol. The highest BCUT2D eigenvalue weighted by Crippen LogP contribution is 2.52. The number of likely N-dealkylation sites (N-methyl/N-ethyl adjacent to an activating group) is 2. The average Bonchev–Trinajstić information content (AvgIpc) is 1.54. The number of thioether (sulfide) groups is 1. The minimum Gasteiger partial charge on any atom is -0.495 e. The fourth-order valence-corrected chi connectivity index (χ4v) is 17.3. The Morgan fingerprint density at radius 1 is 0.606 bits per heavy atom. The Morgan fingerprint density at radius 3 is 1.36 bits per heavy atom. The van der Waals surface area contributed by atoms with Gasteiger partial charge < -0.3 is 107 Å². The second kappa shape index (κ2) is 57.7. The van der Waals surface area contributed by atoms with E-state index in [9.17, 15) is 67.7 Å². The number of allylic oxidation sites excluding steroid dienone is 6. The minimum atomic E-state index is -1.86. The Labute approximate surface area is 828 Å². The zero-order valence-electron chi connectivity index (χ0n) is 80.8. The summed E-state index contributed by atoms with van der Waals surface area (Å²) >= 11 is 21.9. The van der Waals surface area contributed by atoms with E-state index in [2.05, 4.69) is 59.5 Å². The van der Waals surface area contributed by atoms with Crippen LogP contribution in [-0.4, -0.2) is 333 Å². The summed E-state index contributed by atoms with van der Waals surface area (Å²) in [6.45, 7) is 17.7. The number of aliphatic hydroxyl groups is 2. The van der Waals surface area contributed by atoms with Gasteiger partial charge in [-0.25, -0.2) is 31.0 Å². The molecule has 2 aromatic carbocycles. The highest BCUT2D eigenvalue weighted by atomic mass is 79.9. The Bertz CT molecular complexity index is 4530. The van der Waals surface area contributed by atoms with E-state index in [0.29, 0.717) is 131 Å². The first-order valence-corrected chi connectivity index (χ1v) is 48.6. The van der Waals surface area contributed by atoms with Gasteiger partial charge in [0, 0.05) is 125 Å². The van der Waals surface area contributed by atoms with Crippen LogP contribution < -0.4 is 52.3 Å². The Hall–Kier alpha value is -8.16. The van der Waals surface area contributed by atoms with Gasteiger partial charge in [0.15, 0.2) is 23.0 Å². The number of fused-ring (bicyclic) bond motifs is 10. The van der Waals surface area contributed by atoms with Crippen LogP contribution in [0, 0.1) is 11.8 Å². The number of ketones is 2. The minimum absolute atomic E-state index is 0.0247. The molecule has 6 aliphatic heterocycles. The predicted octanol–water partition coefficient (Wildman–Crippen LogP) is 6.63. The molecular formula is C92H137BrCl2N10O30S2. The third-order valence-electron chi connectivity index (χ3n) is 24.0. The summed E-state index contributed by atoms with van der Waals surface area (Å²) in [6, 6.07) is 5.06. The van der Waals surface area contributed by atoms with E-state index in [0.717, 1.165) is 22.3 Å². The normalized spacial score (nSPS) is 26.5. The maximum Gasteiger partial charge on any atom is 0.409 e. The van der Waals surface area contributed by atoms with Crippen LogP contribution in [0.2, 0.25) is 10.0 Å². The molecule has 6 aliphatic rings. The fourth-order valence-electron chi connectivity index (χ4n) is 15.5. The lowest BCUT2D eigenvalue weighted by Crippen LogP contribution is -2.63. The molecule has 16 atom stereocenters. The summed E-state index contributed by atoms with van der Waals surface area (Å²) in [7, 11) is 11.9. The van der Waals surface area contributed by atoms with Gasteiger partial charge in [0.25, 0.3) is 0 Å². The molecular weight excluding hydrogens is 1940 g/mol. The quantitative estimate of drug-likeness (QED) is 0.00640. The molecule has 8 amide bonds. The number of halogens is 3. The number of alkyl halides is 1. The summed E-state index contributed by atoms with van der Waals surface area (Å²) in [5.74, 6) is 6.44. The molecule has 0 radical (unpaired) electrons. The van der Waals surface area contributed by atoms with Gasteiger partial charge in [-0.1, -0.05) is 101 Å². The van der Waals surface area contributed by atoms with Crippen LogP contribution in [0.3, 0.4) is 0 Å². The number of thiol groups is 1. The lowest BCUT2D eigenvalue weighted by Gasteiger charge is -2.42. The first kappa shape index (κ1) is 118. The largest absolute Gasteiger partial charge is 0.495 e. The van der Waals surface area contributed by atoms with E-state index in [1.54, 1.807) is 90.4 Å². The van der Waals surface area contributed by atoms with E-state index in [1.165, 1.54) is 87.7 Å². The molecule has 0 aromatic heterocycles. The maximum atomic E-state index is 14.3. The molecule has 8 rings (SSSR count). The van der Waals surface area contributed by atoms with Gasteiger partial charge in [-0.3, -0.25) is 58.7 Å². The number of rotatable bonds is 42. The van der Waals surface area contributed by atoms with Gasteiger partial charge in [-0.15, -0.1) is 0 Å². The van der Waals surface area contributed by atoms with Crippen LogP contribution in [0.1, 0.15) is 131 Å². The SMILES string of the molecule is COc1cc2cc(c1Cl)N(C)C(=O)C[C@H](OC(=O)[C@H](C)N(C)C(=O)CCS)[C@]1(C)O[C@H]1C(C)[C@@H]1C[C@@](O)(NC(=O)O1)[C@H](OC)/C=C/C=C(\C)C2.COc1cc2cc(c1Cl)N(C)C(=O)C[C@H](OC(=O)[C@H](C)N(C)C(=O)CCSCC(=O)NCCOCCOCCCC(=O)CON)[C@]1(C)O[C@H]1C(C)[C@@H]1C[C@@](O)(NC(=O)O1)[C@H](OC)/C=C/C=C(\C)C2.NOCC(=O)CCCOCCOCCNC(=O)CBr. The second-order valence-electron chi connectivity index (χ2n) is 34.3. The van der Waals surface area contributed by atoms with Crippen molar-refractivity contribution >= 4 is 146 Å². The molecule has 0 aliphatic carbocycles. The van der Waals surface area contributed by atoms with Crippen molar-refractivity contribution in [3.63, 3.8) is 0 Å². The molecule has 6 heterocycles. The smallest absolute Gasteiger partial charge is 0.409 e. The van der Waals surface area contributed by atoms with E-state index in [1.807, 2.05) is 26.0 Å². The first-order chi connectivity index (χ1) is 65.0. The third kappa shape index (κ3) is 35.8. The maximum absolute atomic E-state index is 14.3. The lowest BCUT2D eigenvalue weighted by molar-refractivity contribution is -0.162. The number of nitrogens with zero attached hydrogens (tertiary/aromatic N) is 4. The molecule has 45 heteroatoms. The van der Waals surface area contributed by atoms with Gasteiger partial charge in [0.05, 0.1) is 101 Å². The van der Waals surface area contributed by atoms with Crippen molar-refractivity contribution in [2.75, 3.05) is 168 Å². The van der Waals surface area contributed by atoms with Crippen molar-refractivity contribution < 1.29 is 144 Å². The number of amides is 8. The number of carbonyl (C=O) groups is 12. The van der Waals surface area contributed by atoms with Crippen LogP contribution in [0.4, 0.5) is 21.0 Å². The molecule has 0 spiro atoms. The summed E-state index contributed by atoms with van der Waals surface area (Å²) in [5.41, 5.74) is -2.01. The van der Waals surface area contributed by atoms with Crippen LogP contribution in [0.25, 0.3) is 0 Å². The monoisotopic (exact) mass is 2070 g/mol.